The molecule has 0 amide bonds. The first-order valence-electron chi connectivity index (χ1n) is 6.86. The van der Waals surface area contributed by atoms with E-state index < -0.39 is 5.97 Å². The normalized spacial score (nSPS) is 11.3. The number of benzene rings is 2. The molecule has 2 N–H and O–H groups in total. The second-order valence-electron chi connectivity index (χ2n) is 4.79. The Morgan fingerprint density at radius 2 is 2.00 bits per heavy atom. The van der Waals surface area contributed by atoms with E-state index in [1.807, 2.05) is 55.5 Å². The summed E-state index contributed by atoms with van der Waals surface area (Å²) in [5.74, 6) is -0.829. The van der Waals surface area contributed by atoms with E-state index in [2.05, 4.69) is 10.3 Å². The van der Waals surface area contributed by atoms with Gasteiger partial charge in [0, 0.05) is 17.6 Å². The number of carboxylic acid groups (broad SMARTS) is 1. The van der Waals surface area contributed by atoms with Crippen molar-refractivity contribution in [3.63, 3.8) is 0 Å². The summed E-state index contributed by atoms with van der Waals surface area (Å²) in [4.78, 5) is 16.0. The summed E-state index contributed by atoms with van der Waals surface area (Å²) in [5, 5.41) is 12.9. The van der Waals surface area contributed by atoms with E-state index in [1.165, 1.54) is 11.8 Å². The molecule has 0 aromatic heterocycles. The molecule has 4 nitrogen and oxygen atoms in total. The van der Waals surface area contributed by atoms with Crippen LogP contribution in [0.25, 0.3) is 0 Å². The third-order valence-corrected chi connectivity index (χ3v) is 4.03. The third-order valence-electron chi connectivity index (χ3n) is 3.06. The van der Waals surface area contributed by atoms with Gasteiger partial charge in [-0.2, -0.15) is 0 Å². The Bertz CT molecular complexity index is 699. The zero-order valence-electron chi connectivity index (χ0n) is 12.5. The molecule has 2 aromatic rings. The number of anilines is 1. The van der Waals surface area contributed by atoms with Gasteiger partial charge in [-0.25, -0.2) is 0 Å². The minimum absolute atomic E-state index is 0.0260. The molecular weight excluding hydrogens is 296 g/mol. The van der Waals surface area contributed by atoms with Gasteiger partial charge in [-0.1, -0.05) is 42.1 Å². The number of thioether (sulfide) groups is 1. The summed E-state index contributed by atoms with van der Waals surface area (Å²) in [5.41, 5.74) is 2.94. The highest BCUT2D eigenvalue weighted by Gasteiger charge is 2.06. The largest absolute Gasteiger partial charge is 0.481 e. The molecule has 0 spiro atoms. The standard InChI is InChI=1S/C17H18N2O2S/c1-12-6-3-4-9-15(12)19-17(18-2)22-14-8-5-7-13(10-14)11-16(20)21/h3-10H,11H2,1-2H3,(H,18,19)(H,20,21). The fourth-order valence-electron chi connectivity index (χ4n) is 1.96. The fourth-order valence-corrected chi connectivity index (χ4v) is 2.79. The highest BCUT2D eigenvalue weighted by molar-refractivity contribution is 8.14. The molecule has 0 atom stereocenters. The first kappa shape index (κ1) is 16.1. The van der Waals surface area contributed by atoms with E-state index in [4.69, 9.17) is 5.11 Å². The topological polar surface area (TPSA) is 61.7 Å². The minimum Gasteiger partial charge on any atom is -0.481 e. The van der Waals surface area contributed by atoms with Crippen molar-refractivity contribution in [1.82, 2.24) is 0 Å². The van der Waals surface area contributed by atoms with Crippen molar-refractivity contribution in [2.24, 2.45) is 4.99 Å². The van der Waals surface area contributed by atoms with Gasteiger partial charge >= 0.3 is 5.97 Å². The molecule has 0 aliphatic rings. The molecular formula is C17H18N2O2S. The highest BCUT2D eigenvalue weighted by Crippen LogP contribution is 2.23. The second kappa shape index (κ2) is 7.66. The number of carboxylic acids is 1. The molecule has 0 bridgehead atoms. The lowest BCUT2D eigenvalue weighted by Crippen LogP contribution is -2.08. The monoisotopic (exact) mass is 314 g/mol. The number of rotatable bonds is 4. The van der Waals surface area contributed by atoms with Crippen LogP contribution in [0.4, 0.5) is 5.69 Å². The predicted octanol–water partition coefficient (Wildman–Crippen LogP) is 3.81. The highest BCUT2D eigenvalue weighted by atomic mass is 32.2. The average molecular weight is 314 g/mol. The van der Waals surface area contributed by atoms with Crippen LogP contribution in [-0.2, 0) is 11.2 Å². The van der Waals surface area contributed by atoms with Gasteiger partial charge in [0.2, 0.25) is 0 Å². The first-order valence-corrected chi connectivity index (χ1v) is 7.68. The number of nitrogens with one attached hydrogen (secondary N) is 1. The molecule has 0 fully saturated rings. The van der Waals surface area contributed by atoms with Crippen LogP contribution in [0.15, 0.2) is 58.4 Å². The number of carbonyl (C=O) groups is 1. The predicted molar refractivity (Wildman–Crippen MR) is 91.8 cm³/mol. The summed E-state index contributed by atoms with van der Waals surface area (Å²) < 4.78 is 0. The Labute approximate surface area is 134 Å². The Balaban J connectivity index is 2.11. The SMILES string of the molecule is CN=C(Nc1ccccc1C)Sc1cccc(CC(=O)O)c1. The van der Waals surface area contributed by atoms with Crippen molar-refractivity contribution in [3.05, 3.63) is 59.7 Å². The molecule has 22 heavy (non-hydrogen) atoms. The van der Waals surface area contributed by atoms with Gasteiger partial charge in [-0.3, -0.25) is 9.79 Å². The number of aliphatic imine (C=N–C) groups is 1. The lowest BCUT2D eigenvalue weighted by Gasteiger charge is -2.11. The molecule has 0 saturated heterocycles. The minimum atomic E-state index is -0.829. The quantitative estimate of drug-likeness (QED) is 0.512. The van der Waals surface area contributed by atoms with Crippen molar-refractivity contribution in [2.75, 3.05) is 12.4 Å². The van der Waals surface area contributed by atoms with Crippen LogP contribution in [0.3, 0.4) is 0 Å². The Morgan fingerprint density at radius 3 is 2.68 bits per heavy atom. The van der Waals surface area contributed by atoms with Crippen molar-refractivity contribution < 1.29 is 9.90 Å². The summed E-state index contributed by atoms with van der Waals surface area (Å²) >= 11 is 1.48. The van der Waals surface area contributed by atoms with Crippen LogP contribution in [-0.4, -0.2) is 23.3 Å². The van der Waals surface area contributed by atoms with Gasteiger partial charge < -0.3 is 10.4 Å². The first-order chi connectivity index (χ1) is 10.6. The van der Waals surface area contributed by atoms with Crippen LogP contribution in [0.1, 0.15) is 11.1 Å². The zero-order chi connectivity index (χ0) is 15.9. The lowest BCUT2D eigenvalue weighted by molar-refractivity contribution is -0.136. The molecule has 2 aromatic carbocycles. The Hall–Kier alpha value is -2.27. The maximum absolute atomic E-state index is 10.8. The third kappa shape index (κ3) is 4.63. The molecule has 5 heteroatoms. The van der Waals surface area contributed by atoms with Gasteiger partial charge in [0.25, 0.3) is 0 Å². The molecule has 0 heterocycles. The molecule has 0 radical (unpaired) electrons. The molecule has 2 rings (SSSR count). The second-order valence-corrected chi connectivity index (χ2v) is 5.85. The smallest absolute Gasteiger partial charge is 0.307 e. The number of hydrogen-bond donors (Lipinski definition) is 2. The van der Waals surface area contributed by atoms with Crippen LogP contribution >= 0.6 is 11.8 Å². The van der Waals surface area contributed by atoms with Crippen LogP contribution in [0, 0.1) is 6.92 Å². The van der Waals surface area contributed by atoms with Gasteiger partial charge in [0.15, 0.2) is 5.17 Å². The van der Waals surface area contributed by atoms with Crippen LogP contribution in [0.5, 0.6) is 0 Å². The maximum Gasteiger partial charge on any atom is 0.307 e. The van der Waals surface area contributed by atoms with Gasteiger partial charge in [-0.15, -0.1) is 0 Å². The molecule has 0 aliphatic heterocycles. The van der Waals surface area contributed by atoms with Crippen molar-refractivity contribution in [3.8, 4) is 0 Å². The average Bonchev–Trinajstić information content (AvgIpc) is 2.48. The van der Waals surface area contributed by atoms with Crippen molar-refractivity contribution in [2.45, 2.75) is 18.2 Å². The Kier molecular flexibility index (Phi) is 5.61. The van der Waals surface area contributed by atoms with Crippen LogP contribution in [0.2, 0.25) is 0 Å². The van der Waals surface area contributed by atoms with Crippen molar-refractivity contribution >= 4 is 28.6 Å². The number of hydrogen-bond acceptors (Lipinski definition) is 3. The van der Waals surface area contributed by atoms with E-state index in [0.717, 1.165) is 26.9 Å². The van der Waals surface area contributed by atoms with E-state index in [1.54, 1.807) is 7.05 Å². The summed E-state index contributed by atoms with van der Waals surface area (Å²) in [6.07, 6.45) is 0.0260. The number of amidine groups is 1. The molecule has 0 saturated carbocycles. The van der Waals surface area contributed by atoms with E-state index in [9.17, 15) is 4.79 Å². The zero-order valence-corrected chi connectivity index (χ0v) is 13.4. The summed E-state index contributed by atoms with van der Waals surface area (Å²) in [6, 6.07) is 15.5. The fraction of sp³-hybridized carbons (Fsp3) is 0.176. The van der Waals surface area contributed by atoms with E-state index in [-0.39, 0.29) is 6.42 Å². The lowest BCUT2D eigenvalue weighted by atomic mass is 10.2. The van der Waals surface area contributed by atoms with Gasteiger partial charge in [0.05, 0.1) is 6.42 Å². The van der Waals surface area contributed by atoms with E-state index in [0.29, 0.717) is 0 Å². The molecule has 0 aliphatic carbocycles. The number of aryl methyl sites for hydroxylation is 1. The summed E-state index contributed by atoms with van der Waals surface area (Å²) in [6.45, 7) is 2.04. The number of aliphatic carboxylic acids is 1. The Morgan fingerprint density at radius 1 is 1.23 bits per heavy atom. The van der Waals surface area contributed by atoms with E-state index >= 15 is 0 Å². The molecule has 0 unspecified atom stereocenters. The number of nitrogens with zero attached hydrogens (tertiary/aromatic N) is 1. The maximum atomic E-state index is 10.8. The van der Waals surface area contributed by atoms with Gasteiger partial charge in [0.1, 0.15) is 0 Å². The summed E-state index contributed by atoms with van der Waals surface area (Å²) in [7, 11) is 1.73. The number of para-hydroxylation sites is 1. The van der Waals surface area contributed by atoms with Gasteiger partial charge in [-0.05, 0) is 36.2 Å². The van der Waals surface area contributed by atoms with Crippen molar-refractivity contribution in [1.29, 1.82) is 0 Å². The molecule has 114 valence electrons. The van der Waals surface area contributed by atoms with Crippen LogP contribution < -0.4 is 5.32 Å².